The summed E-state index contributed by atoms with van der Waals surface area (Å²) in [5, 5.41) is 10.6. The van der Waals surface area contributed by atoms with Crippen LogP contribution in [0.15, 0.2) is 91.0 Å². The van der Waals surface area contributed by atoms with E-state index >= 15 is 0 Å². The van der Waals surface area contributed by atoms with Crippen LogP contribution in [0.5, 0.6) is 0 Å². The van der Waals surface area contributed by atoms with E-state index in [0.29, 0.717) is 26.4 Å². The van der Waals surface area contributed by atoms with Gasteiger partial charge in [-0.25, -0.2) is 0 Å². The van der Waals surface area contributed by atoms with Gasteiger partial charge >= 0.3 is 0 Å². The van der Waals surface area contributed by atoms with Crippen LogP contribution in [0.25, 0.3) is 0 Å². The molecule has 6 heteroatoms. The fourth-order valence-electron chi connectivity index (χ4n) is 5.78. The van der Waals surface area contributed by atoms with Gasteiger partial charge in [-0.1, -0.05) is 144 Å². The molecule has 0 unspecified atom stereocenters. The second kappa shape index (κ2) is 22.9. The van der Waals surface area contributed by atoms with E-state index in [1.807, 2.05) is 18.2 Å². The average molecular weight is 649 g/mol. The Balaban J connectivity index is 2.12. The van der Waals surface area contributed by atoms with Crippen LogP contribution in [-0.2, 0) is 29.3 Å². The first-order valence-corrected chi connectivity index (χ1v) is 18.0. The maximum Gasteiger partial charge on any atom is 0.143 e. The van der Waals surface area contributed by atoms with Crippen molar-refractivity contribution in [3.05, 3.63) is 108 Å². The van der Waals surface area contributed by atoms with Gasteiger partial charge in [0.15, 0.2) is 0 Å². The molecular formula is C41H60O6. The van der Waals surface area contributed by atoms with Crippen LogP contribution >= 0.6 is 0 Å². The molecule has 0 radical (unpaired) electrons. The summed E-state index contributed by atoms with van der Waals surface area (Å²) < 4.78 is 33.6. The molecule has 1 N–H and O–H groups in total. The Labute approximate surface area is 284 Å². The first-order valence-electron chi connectivity index (χ1n) is 18.0. The van der Waals surface area contributed by atoms with Gasteiger partial charge in [-0.3, -0.25) is 0 Å². The van der Waals surface area contributed by atoms with E-state index in [0.717, 1.165) is 68.1 Å². The standard InChI is InChI=1S/C41H60O6/c1-5-9-28-43-37(32-42)39(45-30-11-7-3)40(46-31-12-8-4)38(44-29-10-6-2)33-47-41(34-22-16-13-17-23-34,35-24-18-14-19-25-35)36-26-20-15-21-27-36/h13-27,37-40,42H,5-12,28-33H2,1-4H3/t37-,38-,39-,40-/m1/s1. The monoisotopic (exact) mass is 648 g/mol. The SMILES string of the molecule is CCCCO[C@@H]([C@H](OCCCC)[C@@H](COC(c1ccccc1)(c1ccccc1)c1ccccc1)OCCCC)[C@@H](CO)OCCCC. The smallest absolute Gasteiger partial charge is 0.143 e. The lowest BCUT2D eigenvalue weighted by Gasteiger charge is -2.40. The molecule has 6 nitrogen and oxygen atoms in total. The van der Waals surface area contributed by atoms with Crippen LogP contribution in [0.1, 0.15) is 95.8 Å². The Hall–Kier alpha value is -2.58. The largest absolute Gasteiger partial charge is 0.394 e. The summed E-state index contributed by atoms with van der Waals surface area (Å²) in [6, 6.07) is 31.2. The number of hydrogen-bond acceptors (Lipinski definition) is 6. The maximum absolute atomic E-state index is 10.6. The zero-order valence-corrected chi connectivity index (χ0v) is 29.4. The summed E-state index contributed by atoms with van der Waals surface area (Å²) in [6.45, 7) is 10.9. The summed E-state index contributed by atoms with van der Waals surface area (Å²) >= 11 is 0. The minimum absolute atomic E-state index is 0.168. The molecule has 0 aliphatic rings. The number of hydrogen-bond donors (Lipinski definition) is 1. The predicted molar refractivity (Wildman–Crippen MR) is 191 cm³/mol. The van der Waals surface area contributed by atoms with E-state index in [2.05, 4.69) is 100 Å². The molecule has 0 fully saturated rings. The second-order valence-corrected chi connectivity index (χ2v) is 12.2. The molecule has 260 valence electrons. The summed E-state index contributed by atoms with van der Waals surface area (Å²) in [5.41, 5.74) is 2.18. The highest BCUT2D eigenvalue weighted by molar-refractivity contribution is 5.47. The van der Waals surface area contributed by atoms with E-state index in [9.17, 15) is 5.11 Å². The first kappa shape index (κ1) is 38.9. The van der Waals surface area contributed by atoms with Gasteiger partial charge in [0.1, 0.15) is 30.0 Å². The van der Waals surface area contributed by atoms with Crippen LogP contribution in [-0.4, -0.2) is 69.2 Å². The van der Waals surface area contributed by atoms with Gasteiger partial charge in [-0.05, 0) is 42.4 Å². The van der Waals surface area contributed by atoms with E-state index < -0.39 is 30.0 Å². The number of ether oxygens (including phenoxy) is 5. The first-order chi connectivity index (χ1) is 23.2. The summed E-state index contributed by atoms with van der Waals surface area (Å²) in [6.07, 6.45) is 5.57. The predicted octanol–water partition coefficient (Wildman–Crippen LogP) is 8.73. The van der Waals surface area contributed by atoms with Crippen molar-refractivity contribution in [1.82, 2.24) is 0 Å². The molecule has 3 aromatic carbocycles. The van der Waals surface area contributed by atoms with Crippen molar-refractivity contribution in [1.29, 1.82) is 0 Å². The molecule has 4 atom stereocenters. The van der Waals surface area contributed by atoms with Gasteiger partial charge in [-0.15, -0.1) is 0 Å². The van der Waals surface area contributed by atoms with Crippen molar-refractivity contribution in [3.8, 4) is 0 Å². The number of unbranched alkanes of at least 4 members (excludes halogenated alkanes) is 4. The third kappa shape index (κ3) is 11.8. The molecule has 0 saturated heterocycles. The molecule has 3 rings (SSSR count). The minimum Gasteiger partial charge on any atom is -0.394 e. The molecule has 0 aliphatic heterocycles. The van der Waals surface area contributed by atoms with Crippen LogP contribution < -0.4 is 0 Å². The quantitative estimate of drug-likeness (QED) is 0.0694. The fraction of sp³-hybridized carbons (Fsp3) is 0.561. The molecule has 0 aromatic heterocycles. The molecule has 0 bridgehead atoms. The molecule has 47 heavy (non-hydrogen) atoms. The van der Waals surface area contributed by atoms with E-state index in [4.69, 9.17) is 23.7 Å². The fourth-order valence-corrected chi connectivity index (χ4v) is 5.78. The molecule has 0 amide bonds. The summed E-state index contributed by atoms with van der Waals surface area (Å²) in [4.78, 5) is 0. The lowest BCUT2D eigenvalue weighted by Crippen LogP contribution is -2.53. The maximum atomic E-state index is 10.6. The Morgan fingerprint density at radius 3 is 1.19 bits per heavy atom. The zero-order valence-electron chi connectivity index (χ0n) is 29.4. The average Bonchev–Trinajstić information content (AvgIpc) is 3.12. The molecule has 0 aliphatic carbocycles. The van der Waals surface area contributed by atoms with Crippen LogP contribution in [0.4, 0.5) is 0 Å². The van der Waals surface area contributed by atoms with Crippen molar-refractivity contribution in [2.45, 2.75) is 109 Å². The molecule has 0 heterocycles. The third-order valence-corrected chi connectivity index (χ3v) is 8.52. The Morgan fingerprint density at radius 2 is 0.830 bits per heavy atom. The van der Waals surface area contributed by atoms with Crippen molar-refractivity contribution in [2.75, 3.05) is 39.6 Å². The minimum atomic E-state index is -0.906. The van der Waals surface area contributed by atoms with Gasteiger partial charge in [0.2, 0.25) is 0 Å². The highest BCUT2D eigenvalue weighted by Crippen LogP contribution is 2.41. The highest BCUT2D eigenvalue weighted by Gasteiger charge is 2.42. The third-order valence-electron chi connectivity index (χ3n) is 8.52. The number of benzene rings is 3. The second-order valence-electron chi connectivity index (χ2n) is 12.2. The Kier molecular flexibility index (Phi) is 18.9. The molecule has 3 aromatic rings. The Bertz CT molecular complexity index is 1060. The van der Waals surface area contributed by atoms with Crippen molar-refractivity contribution in [2.24, 2.45) is 0 Å². The zero-order chi connectivity index (χ0) is 33.6. The normalized spacial score (nSPS) is 14.5. The molecule has 0 spiro atoms. The topological polar surface area (TPSA) is 66.4 Å². The lowest BCUT2D eigenvalue weighted by atomic mass is 9.80. The van der Waals surface area contributed by atoms with Crippen molar-refractivity contribution in [3.63, 3.8) is 0 Å². The molecule has 0 saturated carbocycles. The number of aliphatic hydroxyl groups is 1. The van der Waals surface area contributed by atoms with Crippen LogP contribution in [0, 0.1) is 0 Å². The van der Waals surface area contributed by atoms with Gasteiger partial charge in [0, 0.05) is 26.4 Å². The Morgan fingerprint density at radius 1 is 0.489 bits per heavy atom. The van der Waals surface area contributed by atoms with Gasteiger partial charge in [-0.2, -0.15) is 0 Å². The van der Waals surface area contributed by atoms with Gasteiger partial charge in [0.25, 0.3) is 0 Å². The van der Waals surface area contributed by atoms with Crippen molar-refractivity contribution >= 4 is 0 Å². The summed E-state index contributed by atoms with van der Waals surface area (Å²) in [5.74, 6) is 0. The van der Waals surface area contributed by atoms with E-state index in [1.165, 1.54) is 0 Å². The highest BCUT2D eigenvalue weighted by atomic mass is 16.6. The molecular weight excluding hydrogens is 588 g/mol. The summed E-state index contributed by atoms with van der Waals surface area (Å²) in [7, 11) is 0. The van der Waals surface area contributed by atoms with Gasteiger partial charge in [0.05, 0.1) is 13.2 Å². The van der Waals surface area contributed by atoms with E-state index in [-0.39, 0.29) is 13.2 Å². The van der Waals surface area contributed by atoms with Gasteiger partial charge < -0.3 is 28.8 Å². The number of rotatable bonds is 26. The number of aliphatic hydroxyl groups excluding tert-OH is 1. The van der Waals surface area contributed by atoms with Crippen LogP contribution in [0.3, 0.4) is 0 Å². The van der Waals surface area contributed by atoms with Crippen molar-refractivity contribution < 1.29 is 28.8 Å². The van der Waals surface area contributed by atoms with E-state index in [1.54, 1.807) is 0 Å². The van der Waals surface area contributed by atoms with Crippen LogP contribution in [0.2, 0.25) is 0 Å². The lowest BCUT2D eigenvalue weighted by molar-refractivity contribution is -0.200.